The zero-order valence-electron chi connectivity index (χ0n) is 12.4. The van der Waals surface area contributed by atoms with Crippen LogP contribution in [0.15, 0.2) is 42.5 Å². The first-order valence-corrected chi connectivity index (χ1v) is 7.35. The predicted octanol–water partition coefficient (Wildman–Crippen LogP) is 3.67. The van der Waals surface area contributed by atoms with Crippen LogP contribution in [-0.4, -0.2) is 11.9 Å². The van der Waals surface area contributed by atoms with Crippen molar-refractivity contribution in [3.63, 3.8) is 0 Å². The Hall–Kier alpha value is -2.29. The summed E-state index contributed by atoms with van der Waals surface area (Å²) in [6.45, 7) is 4.08. The number of carbonyl (C=O) groups excluding carboxylic acids is 1. The molecule has 1 heterocycles. The van der Waals surface area contributed by atoms with E-state index >= 15 is 0 Å². The molecule has 0 bridgehead atoms. The third-order valence-electron chi connectivity index (χ3n) is 3.86. The van der Waals surface area contributed by atoms with Crippen LogP contribution >= 0.6 is 0 Å². The number of anilines is 2. The topological polar surface area (TPSA) is 41.1 Å². The number of hydrogen-bond acceptors (Lipinski definition) is 2. The minimum Gasteiger partial charge on any atom is -0.373 e. The zero-order chi connectivity index (χ0) is 14.8. The molecule has 2 aromatic carbocycles. The van der Waals surface area contributed by atoms with Crippen LogP contribution in [0.4, 0.5) is 11.4 Å². The Morgan fingerprint density at radius 1 is 1.14 bits per heavy atom. The highest BCUT2D eigenvalue weighted by Crippen LogP contribution is 2.25. The number of rotatable bonds is 2. The Balaban J connectivity index is 1.72. The Morgan fingerprint density at radius 2 is 1.86 bits per heavy atom. The summed E-state index contributed by atoms with van der Waals surface area (Å²) in [6.07, 6.45) is 1.77. The molecule has 2 aromatic rings. The van der Waals surface area contributed by atoms with Gasteiger partial charge in [0.25, 0.3) is 0 Å². The Bertz CT molecular complexity index is 658. The van der Waals surface area contributed by atoms with Crippen LogP contribution in [-0.2, 0) is 11.2 Å². The highest BCUT2D eigenvalue weighted by molar-refractivity contribution is 5.97. The van der Waals surface area contributed by atoms with Gasteiger partial charge in [-0.3, -0.25) is 4.79 Å². The van der Waals surface area contributed by atoms with Crippen molar-refractivity contribution in [2.24, 2.45) is 0 Å². The molecule has 108 valence electrons. The first-order chi connectivity index (χ1) is 10.1. The maximum atomic E-state index is 12.4. The minimum absolute atomic E-state index is 0.0366. The average molecular weight is 280 g/mol. The summed E-state index contributed by atoms with van der Waals surface area (Å²) in [5.41, 5.74) is 5.55. The van der Waals surface area contributed by atoms with E-state index < -0.39 is 0 Å². The molecule has 0 fully saturated rings. The van der Waals surface area contributed by atoms with Crippen LogP contribution in [0.3, 0.4) is 0 Å². The van der Waals surface area contributed by atoms with E-state index in [0.717, 1.165) is 35.3 Å². The molecule has 0 saturated heterocycles. The third-order valence-corrected chi connectivity index (χ3v) is 3.86. The van der Waals surface area contributed by atoms with Crippen LogP contribution in [0.2, 0.25) is 0 Å². The summed E-state index contributed by atoms with van der Waals surface area (Å²) in [7, 11) is 0. The van der Waals surface area contributed by atoms with Crippen LogP contribution < -0.4 is 10.6 Å². The fraction of sp³-hybridized carbons (Fsp3) is 0.278. The van der Waals surface area contributed by atoms with Gasteiger partial charge in [-0.25, -0.2) is 0 Å². The molecule has 1 unspecified atom stereocenters. The van der Waals surface area contributed by atoms with E-state index in [4.69, 9.17) is 0 Å². The predicted molar refractivity (Wildman–Crippen MR) is 86.7 cm³/mol. The molecule has 3 nitrogen and oxygen atoms in total. The van der Waals surface area contributed by atoms with Crippen molar-refractivity contribution in [2.75, 3.05) is 10.6 Å². The van der Waals surface area contributed by atoms with Gasteiger partial charge in [0.1, 0.15) is 6.04 Å². The highest BCUT2D eigenvalue weighted by Gasteiger charge is 2.23. The molecule has 0 saturated carbocycles. The van der Waals surface area contributed by atoms with Gasteiger partial charge in [-0.2, -0.15) is 0 Å². The van der Waals surface area contributed by atoms with Crippen LogP contribution in [0.1, 0.15) is 23.1 Å². The van der Waals surface area contributed by atoms with Gasteiger partial charge in [0.15, 0.2) is 0 Å². The number of para-hydroxylation sites is 1. The molecule has 1 amide bonds. The first kappa shape index (κ1) is 13.7. The Kier molecular flexibility index (Phi) is 3.65. The van der Waals surface area contributed by atoms with Crippen molar-refractivity contribution < 1.29 is 4.79 Å². The summed E-state index contributed by atoms with van der Waals surface area (Å²) >= 11 is 0. The smallest absolute Gasteiger partial charge is 0.246 e. The van der Waals surface area contributed by atoms with Crippen molar-refractivity contribution in [3.05, 3.63) is 59.2 Å². The largest absolute Gasteiger partial charge is 0.373 e. The fourth-order valence-corrected chi connectivity index (χ4v) is 2.91. The summed E-state index contributed by atoms with van der Waals surface area (Å²) in [5, 5.41) is 6.36. The number of nitrogens with one attached hydrogen (secondary N) is 2. The molecule has 21 heavy (non-hydrogen) atoms. The number of carbonyl (C=O) groups is 1. The molecule has 3 rings (SSSR count). The zero-order valence-corrected chi connectivity index (χ0v) is 12.4. The average Bonchev–Trinajstić information content (AvgIpc) is 2.45. The SMILES string of the molecule is Cc1cc(C)cc(NC(=O)C2CCc3ccccc3N2)c1. The summed E-state index contributed by atoms with van der Waals surface area (Å²) < 4.78 is 0. The lowest BCUT2D eigenvalue weighted by molar-refractivity contribution is -0.117. The second-order valence-electron chi connectivity index (χ2n) is 5.76. The van der Waals surface area contributed by atoms with E-state index in [1.807, 2.05) is 44.2 Å². The lowest BCUT2D eigenvalue weighted by Gasteiger charge is -2.26. The molecule has 1 aliphatic rings. The standard InChI is InChI=1S/C18H20N2O/c1-12-9-13(2)11-15(10-12)19-18(21)17-8-7-14-5-3-4-6-16(14)20-17/h3-6,9-11,17,20H,7-8H2,1-2H3,(H,19,21). The molecule has 1 atom stereocenters. The van der Waals surface area contributed by atoms with E-state index in [1.54, 1.807) is 0 Å². The summed E-state index contributed by atoms with van der Waals surface area (Å²) in [5.74, 6) is 0.0366. The van der Waals surface area contributed by atoms with Gasteiger partial charge in [-0.1, -0.05) is 24.3 Å². The van der Waals surface area contributed by atoms with Gasteiger partial charge in [0.05, 0.1) is 0 Å². The summed E-state index contributed by atoms with van der Waals surface area (Å²) in [6, 6.07) is 14.1. The third kappa shape index (κ3) is 3.07. The normalized spacial score (nSPS) is 16.8. The van der Waals surface area contributed by atoms with Gasteiger partial charge < -0.3 is 10.6 Å². The Morgan fingerprint density at radius 3 is 2.62 bits per heavy atom. The van der Waals surface area contributed by atoms with E-state index in [2.05, 4.69) is 22.8 Å². The lowest BCUT2D eigenvalue weighted by Crippen LogP contribution is -2.37. The number of benzene rings is 2. The van der Waals surface area contributed by atoms with Gasteiger partial charge in [0, 0.05) is 11.4 Å². The molecule has 0 spiro atoms. The molecule has 1 aliphatic heterocycles. The fourth-order valence-electron chi connectivity index (χ4n) is 2.91. The number of aryl methyl sites for hydroxylation is 3. The van der Waals surface area contributed by atoms with Crippen molar-refractivity contribution in [2.45, 2.75) is 32.7 Å². The first-order valence-electron chi connectivity index (χ1n) is 7.35. The molecule has 0 aliphatic carbocycles. The molecule has 0 aromatic heterocycles. The second-order valence-corrected chi connectivity index (χ2v) is 5.76. The van der Waals surface area contributed by atoms with Crippen molar-refractivity contribution >= 4 is 17.3 Å². The lowest BCUT2D eigenvalue weighted by atomic mass is 9.97. The van der Waals surface area contributed by atoms with Crippen LogP contribution in [0.25, 0.3) is 0 Å². The molecule has 0 radical (unpaired) electrons. The molecular weight excluding hydrogens is 260 g/mol. The van der Waals surface area contributed by atoms with Gasteiger partial charge in [-0.15, -0.1) is 0 Å². The number of fused-ring (bicyclic) bond motifs is 1. The maximum absolute atomic E-state index is 12.4. The highest BCUT2D eigenvalue weighted by atomic mass is 16.2. The molecule has 2 N–H and O–H groups in total. The molecule has 3 heteroatoms. The monoisotopic (exact) mass is 280 g/mol. The maximum Gasteiger partial charge on any atom is 0.246 e. The van der Waals surface area contributed by atoms with E-state index in [9.17, 15) is 4.79 Å². The quantitative estimate of drug-likeness (QED) is 0.881. The van der Waals surface area contributed by atoms with E-state index in [0.29, 0.717) is 0 Å². The molecular formula is C18H20N2O. The van der Waals surface area contributed by atoms with Crippen molar-refractivity contribution in [3.8, 4) is 0 Å². The van der Waals surface area contributed by atoms with Crippen molar-refractivity contribution in [1.82, 2.24) is 0 Å². The minimum atomic E-state index is -0.166. The van der Waals surface area contributed by atoms with Crippen LogP contribution in [0, 0.1) is 13.8 Å². The van der Waals surface area contributed by atoms with E-state index in [1.165, 1.54) is 5.56 Å². The summed E-state index contributed by atoms with van der Waals surface area (Å²) in [4.78, 5) is 12.4. The van der Waals surface area contributed by atoms with Gasteiger partial charge in [-0.05, 0) is 61.6 Å². The Labute approximate surface area is 125 Å². The van der Waals surface area contributed by atoms with Crippen molar-refractivity contribution in [1.29, 1.82) is 0 Å². The second kappa shape index (κ2) is 5.60. The number of hydrogen-bond donors (Lipinski definition) is 2. The van der Waals surface area contributed by atoms with E-state index in [-0.39, 0.29) is 11.9 Å². The van der Waals surface area contributed by atoms with Gasteiger partial charge in [0.2, 0.25) is 5.91 Å². The van der Waals surface area contributed by atoms with Gasteiger partial charge >= 0.3 is 0 Å². The van der Waals surface area contributed by atoms with Crippen LogP contribution in [0.5, 0.6) is 0 Å². The number of amides is 1.